The fourth-order valence-corrected chi connectivity index (χ4v) is 0.234. The Morgan fingerprint density at radius 3 is 2.56 bits per heavy atom. The van der Waals surface area contributed by atoms with Gasteiger partial charge in [-0.1, -0.05) is 19.2 Å². The lowest BCUT2D eigenvalue weighted by Crippen LogP contribution is -1.90. The minimum absolute atomic E-state index is 0.117. The van der Waals surface area contributed by atoms with Crippen molar-refractivity contribution in [1.82, 2.24) is 0 Å². The Bertz CT molecular complexity index is 168. The maximum Gasteiger partial charge on any atom is 0.177 e. The summed E-state index contributed by atoms with van der Waals surface area (Å²) >= 11 is 0. The Morgan fingerprint density at radius 2 is 2.22 bits per heavy atom. The van der Waals surface area contributed by atoms with Crippen LogP contribution >= 0.6 is 0 Å². The molecule has 0 spiro atoms. The van der Waals surface area contributed by atoms with Crippen molar-refractivity contribution in [2.24, 2.45) is 4.99 Å². The summed E-state index contributed by atoms with van der Waals surface area (Å²) in [4.78, 5) is 14.1. The third-order valence-electron chi connectivity index (χ3n) is 0.742. The highest BCUT2D eigenvalue weighted by molar-refractivity contribution is 5.94. The SMILES string of the molecule is C=CC=NC(=C)C(C)=O. The number of hydrogen-bond donors (Lipinski definition) is 0. The molecular formula is C7H9NO. The van der Waals surface area contributed by atoms with Crippen LogP contribution < -0.4 is 0 Å². The maximum absolute atomic E-state index is 10.4. The van der Waals surface area contributed by atoms with Gasteiger partial charge < -0.3 is 0 Å². The zero-order valence-electron chi connectivity index (χ0n) is 5.42. The normalized spacial score (nSPS) is 9.44. The standard InChI is InChI=1S/C7H9NO/c1-4-5-8-6(2)7(3)9/h4-5H,1-2H2,3H3. The van der Waals surface area contributed by atoms with E-state index in [4.69, 9.17) is 0 Å². The zero-order valence-corrected chi connectivity index (χ0v) is 5.42. The Balaban J connectivity index is 3.92. The first kappa shape index (κ1) is 7.82. The largest absolute Gasteiger partial charge is 0.293 e. The molecule has 9 heavy (non-hydrogen) atoms. The second-order valence-corrected chi connectivity index (χ2v) is 1.52. The van der Waals surface area contributed by atoms with Crippen LogP contribution in [0.3, 0.4) is 0 Å². The molecule has 0 radical (unpaired) electrons. The highest BCUT2D eigenvalue weighted by Gasteiger charge is 1.92. The van der Waals surface area contributed by atoms with Gasteiger partial charge in [0.2, 0.25) is 0 Å². The van der Waals surface area contributed by atoms with Crippen LogP contribution in [0.2, 0.25) is 0 Å². The quantitative estimate of drug-likeness (QED) is 0.411. The highest BCUT2D eigenvalue weighted by Crippen LogP contribution is 1.90. The van der Waals surface area contributed by atoms with E-state index in [1.54, 1.807) is 0 Å². The third-order valence-corrected chi connectivity index (χ3v) is 0.742. The molecule has 48 valence electrons. The molecule has 0 N–H and O–H groups in total. The van der Waals surface area contributed by atoms with Gasteiger partial charge in [-0.2, -0.15) is 0 Å². The Morgan fingerprint density at radius 1 is 1.67 bits per heavy atom. The Kier molecular flexibility index (Phi) is 3.28. The van der Waals surface area contributed by atoms with Crippen molar-refractivity contribution < 1.29 is 4.79 Å². The molecule has 0 saturated heterocycles. The Hall–Kier alpha value is -1.18. The summed E-state index contributed by atoms with van der Waals surface area (Å²) in [7, 11) is 0. The average Bonchev–Trinajstić information content (AvgIpc) is 1.82. The van der Waals surface area contributed by atoms with Gasteiger partial charge in [0.15, 0.2) is 5.78 Å². The van der Waals surface area contributed by atoms with E-state index in [0.29, 0.717) is 0 Å². The van der Waals surface area contributed by atoms with Gasteiger partial charge in [0.1, 0.15) is 0 Å². The lowest BCUT2D eigenvalue weighted by Gasteiger charge is -1.86. The first-order chi connectivity index (χ1) is 4.18. The third kappa shape index (κ3) is 3.41. The molecule has 0 fully saturated rings. The fourth-order valence-electron chi connectivity index (χ4n) is 0.234. The molecule has 2 nitrogen and oxygen atoms in total. The number of carbonyl (C=O) groups excluding carboxylic acids is 1. The molecule has 2 heteroatoms. The predicted octanol–water partition coefficient (Wildman–Crippen LogP) is 1.35. The summed E-state index contributed by atoms with van der Waals surface area (Å²) in [5.41, 5.74) is 0.259. The lowest BCUT2D eigenvalue weighted by molar-refractivity contribution is -0.113. The number of rotatable bonds is 3. The summed E-state index contributed by atoms with van der Waals surface area (Å²) in [5.74, 6) is -0.117. The zero-order chi connectivity index (χ0) is 7.28. The van der Waals surface area contributed by atoms with Gasteiger partial charge in [0, 0.05) is 13.1 Å². The molecule has 0 aromatic carbocycles. The molecule has 0 aromatic heterocycles. The van der Waals surface area contributed by atoms with Crippen molar-refractivity contribution in [3.8, 4) is 0 Å². The number of Topliss-reactive ketones (excluding diaryl/α,β-unsaturated/α-hetero) is 1. The van der Waals surface area contributed by atoms with Crippen LogP contribution in [-0.2, 0) is 4.79 Å². The van der Waals surface area contributed by atoms with E-state index in [1.165, 1.54) is 19.2 Å². The molecule has 0 aliphatic rings. The number of ketones is 1. The molecule has 0 heterocycles. The molecule has 0 atom stereocenters. The van der Waals surface area contributed by atoms with E-state index >= 15 is 0 Å². The van der Waals surface area contributed by atoms with Crippen molar-refractivity contribution in [3.05, 3.63) is 24.9 Å². The van der Waals surface area contributed by atoms with E-state index in [9.17, 15) is 4.79 Å². The molecular weight excluding hydrogens is 114 g/mol. The summed E-state index contributed by atoms with van der Waals surface area (Å²) in [5, 5.41) is 0. The van der Waals surface area contributed by atoms with Gasteiger partial charge in [0.25, 0.3) is 0 Å². The smallest absolute Gasteiger partial charge is 0.177 e. The number of carbonyl (C=O) groups is 1. The number of allylic oxidation sites excluding steroid dienone is 2. The molecule has 0 aliphatic heterocycles. The van der Waals surface area contributed by atoms with Crippen LogP contribution in [0.15, 0.2) is 29.9 Å². The van der Waals surface area contributed by atoms with E-state index in [0.717, 1.165) is 0 Å². The summed E-state index contributed by atoms with van der Waals surface area (Å²) < 4.78 is 0. The van der Waals surface area contributed by atoms with Gasteiger partial charge in [0.05, 0.1) is 5.70 Å². The van der Waals surface area contributed by atoms with Crippen LogP contribution in [0.25, 0.3) is 0 Å². The summed E-state index contributed by atoms with van der Waals surface area (Å²) in [6, 6.07) is 0. The predicted molar refractivity (Wildman–Crippen MR) is 38.5 cm³/mol. The number of nitrogens with zero attached hydrogens (tertiary/aromatic N) is 1. The summed E-state index contributed by atoms with van der Waals surface area (Å²) in [6.45, 7) is 8.21. The minimum Gasteiger partial charge on any atom is -0.293 e. The van der Waals surface area contributed by atoms with Crippen molar-refractivity contribution in [2.45, 2.75) is 6.92 Å². The molecule has 0 rings (SSSR count). The van der Waals surface area contributed by atoms with Gasteiger partial charge in [-0.3, -0.25) is 9.79 Å². The van der Waals surface area contributed by atoms with Crippen LogP contribution in [-0.4, -0.2) is 12.0 Å². The topological polar surface area (TPSA) is 29.4 Å². The van der Waals surface area contributed by atoms with Crippen molar-refractivity contribution in [2.75, 3.05) is 0 Å². The molecule has 0 unspecified atom stereocenters. The van der Waals surface area contributed by atoms with Crippen molar-refractivity contribution in [3.63, 3.8) is 0 Å². The van der Waals surface area contributed by atoms with Crippen molar-refractivity contribution >= 4 is 12.0 Å². The van der Waals surface area contributed by atoms with Gasteiger partial charge in [-0.05, 0) is 0 Å². The van der Waals surface area contributed by atoms with E-state index < -0.39 is 0 Å². The first-order valence-corrected chi connectivity index (χ1v) is 2.53. The van der Waals surface area contributed by atoms with Crippen LogP contribution in [0, 0.1) is 0 Å². The van der Waals surface area contributed by atoms with Crippen molar-refractivity contribution in [1.29, 1.82) is 0 Å². The van der Waals surface area contributed by atoms with E-state index in [1.807, 2.05) is 0 Å². The molecule has 0 aromatic rings. The molecule has 0 bridgehead atoms. The lowest BCUT2D eigenvalue weighted by atomic mass is 10.4. The van der Waals surface area contributed by atoms with Crippen LogP contribution in [0.1, 0.15) is 6.92 Å². The average molecular weight is 123 g/mol. The van der Waals surface area contributed by atoms with Crippen LogP contribution in [0.4, 0.5) is 0 Å². The second kappa shape index (κ2) is 3.78. The van der Waals surface area contributed by atoms with E-state index in [2.05, 4.69) is 18.2 Å². The monoisotopic (exact) mass is 123 g/mol. The maximum atomic E-state index is 10.4. The highest BCUT2D eigenvalue weighted by atomic mass is 16.1. The number of aliphatic imine (C=N–C) groups is 1. The summed E-state index contributed by atoms with van der Waals surface area (Å²) in [6.07, 6.45) is 2.93. The first-order valence-electron chi connectivity index (χ1n) is 2.53. The molecule has 0 amide bonds. The van der Waals surface area contributed by atoms with Gasteiger partial charge in [-0.25, -0.2) is 0 Å². The Labute approximate surface area is 54.6 Å². The van der Waals surface area contributed by atoms with Gasteiger partial charge in [-0.15, -0.1) is 0 Å². The number of hydrogen-bond acceptors (Lipinski definition) is 2. The van der Waals surface area contributed by atoms with E-state index in [-0.39, 0.29) is 11.5 Å². The molecule has 0 aliphatic carbocycles. The minimum atomic E-state index is -0.117. The fraction of sp³-hybridized carbons (Fsp3) is 0.143. The van der Waals surface area contributed by atoms with Gasteiger partial charge >= 0.3 is 0 Å². The van der Waals surface area contributed by atoms with Crippen LogP contribution in [0.5, 0.6) is 0 Å². The molecule has 0 saturated carbocycles. The second-order valence-electron chi connectivity index (χ2n) is 1.52.